The summed E-state index contributed by atoms with van der Waals surface area (Å²) in [7, 11) is 0. The van der Waals surface area contributed by atoms with Gasteiger partial charge in [-0.1, -0.05) is 6.07 Å². The van der Waals surface area contributed by atoms with Gasteiger partial charge in [0, 0.05) is 18.0 Å². The lowest BCUT2D eigenvalue weighted by atomic mass is 10.1. The van der Waals surface area contributed by atoms with Crippen molar-refractivity contribution in [2.24, 2.45) is 0 Å². The van der Waals surface area contributed by atoms with Crippen molar-refractivity contribution in [3.63, 3.8) is 0 Å². The fraction of sp³-hybridized carbons (Fsp3) is 0.286. The van der Waals surface area contributed by atoms with Crippen molar-refractivity contribution < 1.29 is 4.42 Å². The summed E-state index contributed by atoms with van der Waals surface area (Å²) >= 11 is 8.75. The number of nitrogens with zero attached hydrogens (tertiary/aromatic N) is 3. The summed E-state index contributed by atoms with van der Waals surface area (Å²) in [5.41, 5.74) is 1.43. The van der Waals surface area contributed by atoms with E-state index in [2.05, 4.69) is 21.4 Å². The normalized spacial score (nSPS) is 15.2. The van der Waals surface area contributed by atoms with Crippen LogP contribution in [0.5, 0.6) is 0 Å². The number of rotatable bonds is 3. The Balaban J connectivity index is 1.54. The molecule has 21 heavy (non-hydrogen) atoms. The first kappa shape index (κ1) is 13.4. The standard InChI is InChI=1S/C14H13N3OS3/c19-14-17(15-13(18-14)12-2-1-6-20-12)9-16-5-3-11-10(8-16)4-7-21-11/h1-2,4,6-7H,3,5,8-9H2. The fourth-order valence-corrected chi connectivity index (χ4v) is 4.22. The monoisotopic (exact) mass is 335 g/mol. The Morgan fingerprint density at radius 1 is 1.29 bits per heavy atom. The molecule has 0 unspecified atom stereocenters. The van der Waals surface area contributed by atoms with Gasteiger partial charge in [-0.15, -0.1) is 27.8 Å². The minimum atomic E-state index is 0.439. The van der Waals surface area contributed by atoms with E-state index < -0.39 is 0 Å². The second-order valence-corrected chi connectivity index (χ2v) is 7.26. The van der Waals surface area contributed by atoms with Crippen LogP contribution in [-0.4, -0.2) is 21.2 Å². The van der Waals surface area contributed by atoms with Crippen molar-refractivity contribution in [2.75, 3.05) is 6.54 Å². The molecule has 0 aliphatic carbocycles. The zero-order valence-electron chi connectivity index (χ0n) is 11.2. The Morgan fingerprint density at radius 2 is 2.24 bits per heavy atom. The summed E-state index contributed by atoms with van der Waals surface area (Å²) in [6.45, 7) is 2.68. The molecule has 4 rings (SSSR count). The Bertz CT molecular complexity index is 800. The van der Waals surface area contributed by atoms with Gasteiger partial charge >= 0.3 is 0 Å². The molecule has 7 heteroatoms. The molecule has 4 heterocycles. The van der Waals surface area contributed by atoms with Gasteiger partial charge in [0.25, 0.3) is 10.7 Å². The molecule has 0 N–H and O–H groups in total. The molecule has 0 saturated heterocycles. The van der Waals surface area contributed by atoms with Gasteiger partial charge in [-0.25, -0.2) is 4.68 Å². The van der Waals surface area contributed by atoms with Crippen molar-refractivity contribution >= 4 is 34.9 Å². The lowest BCUT2D eigenvalue weighted by Gasteiger charge is -2.26. The molecule has 1 aliphatic heterocycles. The van der Waals surface area contributed by atoms with E-state index in [0.29, 0.717) is 17.4 Å². The lowest BCUT2D eigenvalue weighted by molar-refractivity contribution is 0.187. The first-order valence-corrected chi connectivity index (χ1v) is 8.86. The molecule has 0 aromatic carbocycles. The molecular weight excluding hydrogens is 322 g/mol. The molecule has 0 spiro atoms. The van der Waals surface area contributed by atoms with E-state index in [9.17, 15) is 0 Å². The number of thiophene rings is 2. The van der Waals surface area contributed by atoms with Crippen molar-refractivity contribution in [2.45, 2.75) is 19.6 Å². The van der Waals surface area contributed by atoms with Crippen LogP contribution in [0.3, 0.4) is 0 Å². The third-order valence-electron chi connectivity index (χ3n) is 3.56. The van der Waals surface area contributed by atoms with E-state index in [0.717, 1.165) is 24.4 Å². The quantitative estimate of drug-likeness (QED) is 0.677. The minimum Gasteiger partial charge on any atom is -0.408 e. The molecule has 1 aliphatic rings. The Labute approximate surface area is 135 Å². The van der Waals surface area contributed by atoms with Crippen LogP contribution in [-0.2, 0) is 19.6 Å². The smallest absolute Gasteiger partial charge is 0.288 e. The largest absolute Gasteiger partial charge is 0.408 e. The highest BCUT2D eigenvalue weighted by Crippen LogP contribution is 2.25. The Kier molecular flexibility index (Phi) is 3.50. The summed E-state index contributed by atoms with van der Waals surface area (Å²) in [6, 6.07) is 6.19. The molecule has 3 aromatic heterocycles. The lowest BCUT2D eigenvalue weighted by Crippen LogP contribution is -2.32. The highest BCUT2D eigenvalue weighted by molar-refractivity contribution is 7.71. The fourth-order valence-electron chi connectivity index (χ4n) is 2.51. The van der Waals surface area contributed by atoms with Crippen molar-refractivity contribution in [1.82, 2.24) is 14.7 Å². The Hall–Kier alpha value is -1.28. The summed E-state index contributed by atoms with van der Waals surface area (Å²) < 4.78 is 7.39. The van der Waals surface area contributed by atoms with Crippen molar-refractivity contribution in [1.29, 1.82) is 0 Å². The Morgan fingerprint density at radius 3 is 3.10 bits per heavy atom. The predicted molar refractivity (Wildman–Crippen MR) is 87.1 cm³/mol. The van der Waals surface area contributed by atoms with E-state index in [1.165, 1.54) is 10.4 Å². The highest BCUT2D eigenvalue weighted by Gasteiger charge is 2.19. The summed E-state index contributed by atoms with van der Waals surface area (Å²) in [5.74, 6) is 0.614. The van der Waals surface area contributed by atoms with Crippen LogP contribution in [0.4, 0.5) is 0 Å². The van der Waals surface area contributed by atoms with Gasteiger partial charge in [0.1, 0.15) is 0 Å². The highest BCUT2D eigenvalue weighted by atomic mass is 32.1. The molecule has 0 bridgehead atoms. The third kappa shape index (κ3) is 2.62. The van der Waals surface area contributed by atoms with Gasteiger partial charge in [0.2, 0.25) is 0 Å². The second-order valence-electron chi connectivity index (χ2n) is 4.96. The summed E-state index contributed by atoms with van der Waals surface area (Å²) in [4.78, 5) is 5.31. The maximum absolute atomic E-state index is 5.61. The number of hydrogen-bond donors (Lipinski definition) is 0. The minimum absolute atomic E-state index is 0.439. The van der Waals surface area contributed by atoms with Gasteiger partial charge in [-0.2, -0.15) is 0 Å². The zero-order chi connectivity index (χ0) is 14.2. The summed E-state index contributed by atoms with van der Waals surface area (Å²) in [5, 5.41) is 8.69. The molecule has 4 nitrogen and oxygen atoms in total. The van der Waals surface area contributed by atoms with Crippen LogP contribution in [0.2, 0.25) is 0 Å². The maximum atomic E-state index is 5.61. The van der Waals surface area contributed by atoms with Gasteiger partial charge in [-0.3, -0.25) is 4.90 Å². The van der Waals surface area contributed by atoms with Crippen LogP contribution in [0, 0.1) is 4.84 Å². The van der Waals surface area contributed by atoms with Crippen molar-refractivity contribution in [3.8, 4) is 10.8 Å². The van der Waals surface area contributed by atoms with E-state index in [1.54, 1.807) is 16.0 Å². The van der Waals surface area contributed by atoms with E-state index in [-0.39, 0.29) is 0 Å². The van der Waals surface area contributed by atoms with Gasteiger partial charge in [0.05, 0.1) is 11.5 Å². The molecule has 0 saturated carbocycles. The first-order chi connectivity index (χ1) is 10.3. The topological polar surface area (TPSA) is 34.2 Å². The van der Waals surface area contributed by atoms with Crippen LogP contribution in [0.15, 0.2) is 33.4 Å². The molecular formula is C14H13N3OS3. The molecule has 0 amide bonds. The van der Waals surface area contributed by atoms with E-state index in [4.69, 9.17) is 16.6 Å². The average molecular weight is 335 g/mol. The van der Waals surface area contributed by atoms with Crippen molar-refractivity contribution in [3.05, 3.63) is 44.2 Å². The third-order valence-corrected chi connectivity index (χ3v) is 5.73. The van der Waals surface area contributed by atoms with Gasteiger partial charge in [0.15, 0.2) is 0 Å². The van der Waals surface area contributed by atoms with E-state index >= 15 is 0 Å². The molecule has 108 valence electrons. The van der Waals surface area contributed by atoms with Crippen LogP contribution in [0.1, 0.15) is 10.4 Å². The zero-order valence-corrected chi connectivity index (χ0v) is 13.6. The maximum Gasteiger partial charge on any atom is 0.288 e. The summed E-state index contributed by atoms with van der Waals surface area (Å²) in [6.07, 6.45) is 1.11. The second kappa shape index (κ2) is 5.49. The van der Waals surface area contributed by atoms with Crippen LogP contribution < -0.4 is 0 Å². The molecule has 0 radical (unpaired) electrons. The average Bonchev–Trinajstić information content (AvgIpc) is 3.20. The van der Waals surface area contributed by atoms with Crippen LogP contribution in [0.25, 0.3) is 10.8 Å². The van der Waals surface area contributed by atoms with Gasteiger partial charge < -0.3 is 4.42 Å². The predicted octanol–water partition coefficient (Wildman–Crippen LogP) is 4.01. The SMILES string of the molecule is S=c1oc(-c2cccs2)nn1CN1CCc2sccc2C1. The first-order valence-electron chi connectivity index (χ1n) is 6.69. The molecule has 0 fully saturated rings. The van der Waals surface area contributed by atoms with Crippen LogP contribution >= 0.6 is 34.9 Å². The number of fused-ring (bicyclic) bond motifs is 1. The molecule has 3 aromatic rings. The number of hydrogen-bond acceptors (Lipinski definition) is 6. The molecule has 0 atom stereocenters. The van der Waals surface area contributed by atoms with Gasteiger partial charge in [-0.05, 0) is 47.1 Å². The number of aromatic nitrogens is 2. The van der Waals surface area contributed by atoms with E-state index in [1.807, 2.05) is 28.8 Å².